The number of alkyl halides is 3. The number of ether oxygens (including phenoxy) is 2. The van der Waals surface area contributed by atoms with Crippen LogP contribution < -0.4 is 4.74 Å². The number of hydrogen-bond donors (Lipinski definition) is 1. The average Bonchev–Trinajstić information content (AvgIpc) is 3.10. The van der Waals surface area contributed by atoms with Gasteiger partial charge in [-0.2, -0.15) is 0 Å². The highest BCUT2D eigenvalue weighted by Crippen LogP contribution is 2.31. The summed E-state index contributed by atoms with van der Waals surface area (Å²) in [6, 6.07) is 7.23. The van der Waals surface area contributed by atoms with Crippen molar-refractivity contribution in [1.82, 2.24) is 9.55 Å². The number of fused-ring (bicyclic) bond motifs is 1. The SMILES string of the molecule is [C-]#[N+]c1cnc2c(c1)c(C(=O)C[C@H](C)CC(=O)O)c(CCCCOCc1cccc(OC(F)(F)F)c1)n2C. The van der Waals surface area contributed by atoms with E-state index in [-0.39, 0.29) is 36.9 Å². The van der Waals surface area contributed by atoms with Crippen LogP contribution in [-0.2, 0) is 29.6 Å². The Kier molecular flexibility index (Phi) is 9.47. The summed E-state index contributed by atoms with van der Waals surface area (Å²) in [6.45, 7) is 9.48. The fourth-order valence-corrected chi connectivity index (χ4v) is 4.32. The molecule has 3 rings (SSSR count). The first-order valence-electron chi connectivity index (χ1n) is 12.0. The second kappa shape index (κ2) is 12.6. The predicted octanol–water partition coefficient (Wildman–Crippen LogP) is 6.25. The van der Waals surface area contributed by atoms with Gasteiger partial charge in [0.25, 0.3) is 0 Å². The first-order chi connectivity index (χ1) is 18.0. The van der Waals surface area contributed by atoms with Gasteiger partial charge in [-0.1, -0.05) is 19.1 Å². The molecule has 0 aliphatic carbocycles. The van der Waals surface area contributed by atoms with Gasteiger partial charge in [-0.25, -0.2) is 9.83 Å². The molecule has 0 radical (unpaired) electrons. The maximum atomic E-state index is 13.3. The van der Waals surface area contributed by atoms with Gasteiger partial charge >= 0.3 is 12.3 Å². The summed E-state index contributed by atoms with van der Waals surface area (Å²) < 4.78 is 48.6. The highest BCUT2D eigenvalue weighted by atomic mass is 19.4. The van der Waals surface area contributed by atoms with Crippen molar-refractivity contribution in [1.29, 1.82) is 0 Å². The quantitative estimate of drug-likeness (QED) is 0.159. The fourth-order valence-electron chi connectivity index (χ4n) is 4.32. The van der Waals surface area contributed by atoms with Gasteiger partial charge in [-0.15, -0.1) is 13.2 Å². The number of pyridine rings is 1. The molecule has 0 aliphatic rings. The van der Waals surface area contributed by atoms with E-state index < -0.39 is 12.3 Å². The highest BCUT2D eigenvalue weighted by Gasteiger charge is 2.31. The Hall–Kier alpha value is -3.91. The van der Waals surface area contributed by atoms with E-state index in [4.69, 9.17) is 16.4 Å². The Morgan fingerprint density at radius 1 is 1.21 bits per heavy atom. The minimum absolute atomic E-state index is 0.0564. The molecule has 202 valence electrons. The van der Waals surface area contributed by atoms with Gasteiger partial charge < -0.3 is 19.1 Å². The summed E-state index contributed by atoms with van der Waals surface area (Å²) in [5, 5.41) is 9.63. The largest absolute Gasteiger partial charge is 0.573 e. The lowest BCUT2D eigenvalue weighted by atomic mass is 9.94. The third-order valence-corrected chi connectivity index (χ3v) is 5.95. The number of carbonyl (C=O) groups excluding carboxylic acids is 1. The van der Waals surface area contributed by atoms with Crippen molar-refractivity contribution in [3.05, 3.63) is 64.8 Å². The van der Waals surface area contributed by atoms with Crippen molar-refractivity contribution in [3.8, 4) is 5.75 Å². The molecular formula is C27H28F3N3O5. The molecule has 2 heterocycles. The van der Waals surface area contributed by atoms with Gasteiger partial charge in [-0.3, -0.25) is 9.59 Å². The molecule has 0 fully saturated rings. The van der Waals surface area contributed by atoms with Crippen molar-refractivity contribution in [3.63, 3.8) is 0 Å². The molecule has 3 aromatic rings. The summed E-state index contributed by atoms with van der Waals surface area (Å²) in [4.78, 5) is 32.1. The molecule has 2 aromatic heterocycles. The van der Waals surface area contributed by atoms with Crippen molar-refractivity contribution < 1.29 is 37.3 Å². The van der Waals surface area contributed by atoms with E-state index in [0.29, 0.717) is 53.7 Å². The van der Waals surface area contributed by atoms with Crippen molar-refractivity contribution in [2.24, 2.45) is 13.0 Å². The number of aromatic nitrogens is 2. The molecule has 38 heavy (non-hydrogen) atoms. The summed E-state index contributed by atoms with van der Waals surface area (Å²) in [5.41, 5.74) is 2.63. The van der Waals surface area contributed by atoms with Crippen LogP contribution in [0.25, 0.3) is 15.9 Å². The molecular weight excluding hydrogens is 503 g/mol. The van der Waals surface area contributed by atoms with Crippen molar-refractivity contribution in [2.75, 3.05) is 6.61 Å². The number of halogens is 3. The van der Waals surface area contributed by atoms with Crippen LogP contribution in [0.5, 0.6) is 5.75 Å². The number of aryl methyl sites for hydroxylation is 1. The lowest BCUT2D eigenvalue weighted by molar-refractivity contribution is -0.274. The predicted molar refractivity (Wildman–Crippen MR) is 133 cm³/mol. The van der Waals surface area contributed by atoms with Crippen LogP contribution in [-0.4, -0.2) is 39.4 Å². The van der Waals surface area contributed by atoms with E-state index in [1.165, 1.54) is 24.4 Å². The van der Waals surface area contributed by atoms with E-state index >= 15 is 0 Å². The van der Waals surface area contributed by atoms with Gasteiger partial charge in [0.2, 0.25) is 5.69 Å². The third-order valence-electron chi connectivity index (χ3n) is 5.95. The molecule has 0 amide bonds. The van der Waals surface area contributed by atoms with Crippen LogP contribution in [0.2, 0.25) is 0 Å². The standard InChI is InChI=1S/C27H28F3N3O5/c1-17(12-24(35)36)11-23(34)25-21-14-19(31-2)15-32-26(21)33(3)22(25)9-4-5-10-37-16-18-7-6-8-20(13-18)38-27(28,29)30/h6-8,13-15,17H,4-5,9-12,16H2,1,3H3,(H,35,36)/t17-/m0/s1. The third kappa shape index (κ3) is 7.79. The summed E-state index contributed by atoms with van der Waals surface area (Å²) >= 11 is 0. The Labute approximate surface area is 217 Å². The first-order valence-corrected chi connectivity index (χ1v) is 12.0. The van der Waals surface area contributed by atoms with Gasteiger partial charge in [0.05, 0.1) is 13.2 Å². The lowest BCUT2D eigenvalue weighted by Gasteiger charge is -2.11. The van der Waals surface area contributed by atoms with E-state index in [2.05, 4.69) is 14.6 Å². The molecule has 0 saturated carbocycles. The number of carbonyl (C=O) groups is 2. The Balaban J connectivity index is 1.65. The van der Waals surface area contributed by atoms with E-state index in [1.807, 2.05) is 4.57 Å². The molecule has 1 aromatic carbocycles. The zero-order valence-corrected chi connectivity index (χ0v) is 21.0. The molecule has 0 saturated heterocycles. The maximum absolute atomic E-state index is 13.3. The topological polar surface area (TPSA) is 95.0 Å². The number of hydrogen-bond acceptors (Lipinski definition) is 5. The zero-order chi connectivity index (χ0) is 27.9. The monoisotopic (exact) mass is 531 g/mol. The van der Waals surface area contributed by atoms with Crippen LogP contribution in [0.15, 0.2) is 36.5 Å². The minimum atomic E-state index is -4.76. The molecule has 1 N–H and O–H groups in total. The first kappa shape index (κ1) is 28.7. The summed E-state index contributed by atoms with van der Waals surface area (Å²) in [7, 11) is 1.80. The van der Waals surface area contributed by atoms with Crippen molar-refractivity contribution >= 4 is 28.5 Å². The highest BCUT2D eigenvalue weighted by molar-refractivity contribution is 6.09. The molecule has 0 spiro atoms. The average molecular weight is 532 g/mol. The van der Waals surface area contributed by atoms with Gasteiger partial charge in [-0.05, 0) is 48.9 Å². The van der Waals surface area contributed by atoms with Crippen LogP contribution in [0.3, 0.4) is 0 Å². The second-order valence-corrected chi connectivity index (χ2v) is 9.09. The number of nitrogens with zero attached hydrogens (tertiary/aromatic N) is 3. The van der Waals surface area contributed by atoms with Gasteiger partial charge in [0, 0.05) is 49.3 Å². The molecule has 0 aliphatic heterocycles. The van der Waals surface area contributed by atoms with Gasteiger partial charge in [0.1, 0.15) is 11.4 Å². The molecule has 11 heteroatoms. The Morgan fingerprint density at radius 2 is 1.97 bits per heavy atom. The van der Waals surface area contributed by atoms with Crippen LogP contribution in [0.1, 0.15) is 54.2 Å². The number of rotatable bonds is 13. The number of carboxylic acids is 1. The smallest absolute Gasteiger partial charge is 0.481 e. The number of aliphatic carboxylic acids is 1. The fraction of sp³-hybridized carbons (Fsp3) is 0.407. The van der Waals surface area contributed by atoms with Crippen LogP contribution >= 0.6 is 0 Å². The Morgan fingerprint density at radius 3 is 2.66 bits per heavy atom. The lowest BCUT2D eigenvalue weighted by Crippen LogP contribution is -2.17. The van der Waals surface area contributed by atoms with E-state index in [1.54, 1.807) is 26.1 Å². The molecule has 1 atom stereocenters. The van der Waals surface area contributed by atoms with Gasteiger partial charge in [0.15, 0.2) is 5.78 Å². The molecule has 0 bridgehead atoms. The zero-order valence-electron chi connectivity index (χ0n) is 21.0. The van der Waals surface area contributed by atoms with E-state index in [0.717, 1.165) is 5.69 Å². The minimum Gasteiger partial charge on any atom is -0.481 e. The number of ketones is 1. The summed E-state index contributed by atoms with van der Waals surface area (Å²) in [5.74, 6) is -1.83. The number of benzene rings is 1. The normalized spacial score (nSPS) is 12.3. The van der Waals surface area contributed by atoms with Crippen LogP contribution in [0.4, 0.5) is 18.9 Å². The van der Waals surface area contributed by atoms with E-state index in [9.17, 15) is 22.8 Å². The number of Topliss-reactive ketones (excluding diaryl/α,β-unsaturated/α-hetero) is 1. The summed E-state index contributed by atoms with van der Waals surface area (Å²) in [6.07, 6.45) is -1.58. The second-order valence-electron chi connectivity index (χ2n) is 9.09. The van der Waals surface area contributed by atoms with Crippen molar-refractivity contribution in [2.45, 2.75) is 52.0 Å². The Bertz CT molecular complexity index is 1340. The molecule has 8 nitrogen and oxygen atoms in total. The maximum Gasteiger partial charge on any atom is 0.573 e. The van der Waals surface area contributed by atoms with Crippen LogP contribution in [0, 0.1) is 12.5 Å². The molecule has 0 unspecified atom stereocenters. The number of carboxylic acid groups (broad SMARTS) is 1. The number of unbranched alkanes of at least 4 members (excludes halogenated alkanes) is 1.